The van der Waals surface area contributed by atoms with E-state index < -0.39 is 5.91 Å². The summed E-state index contributed by atoms with van der Waals surface area (Å²) in [6.45, 7) is 2.59. The van der Waals surface area contributed by atoms with Crippen molar-refractivity contribution in [3.05, 3.63) is 22.3 Å². The van der Waals surface area contributed by atoms with Crippen LogP contribution in [0, 0.1) is 6.92 Å². The van der Waals surface area contributed by atoms with Crippen molar-refractivity contribution in [3.63, 3.8) is 0 Å². The summed E-state index contributed by atoms with van der Waals surface area (Å²) in [5.41, 5.74) is 13.8. The van der Waals surface area contributed by atoms with E-state index in [1.54, 1.807) is 4.68 Å². The summed E-state index contributed by atoms with van der Waals surface area (Å²) in [6, 6.07) is 0. The zero-order chi connectivity index (χ0) is 14.9. The van der Waals surface area contributed by atoms with Crippen LogP contribution in [-0.4, -0.2) is 21.9 Å². The van der Waals surface area contributed by atoms with Crippen LogP contribution in [0.15, 0.2) is 11.1 Å². The number of rotatable bonds is 5. The molecular weight excluding hydrogens is 294 g/mol. The van der Waals surface area contributed by atoms with E-state index in [4.69, 9.17) is 11.5 Å². The molecule has 0 bridgehead atoms. The number of nitrogens with zero attached hydrogens (tertiary/aromatic N) is 2. The van der Waals surface area contributed by atoms with E-state index in [-0.39, 0.29) is 0 Å². The predicted molar refractivity (Wildman–Crippen MR) is 84.3 cm³/mol. The highest BCUT2D eigenvalue weighted by Crippen LogP contribution is 2.41. The van der Waals surface area contributed by atoms with Gasteiger partial charge in [0.1, 0.15) is 9.88 Å². The van der Waals surface area contributed by atoms with Crippen molar-refractivity contribution in [2.75, 3.05) is 17.3 Å². The monoisotopic (exact) mass is 311 g/mol. The van der Waals surface area contributed by atoms with Gasteiger partial charge in [-0.25, -0.2) is 0 Å². The summed E-state index contributed by atoms with van der Waals surface area (Å²) in [6.07, 6.45) is 3.89. The molecule has 0 aromatic carbocycles. The topological polar surface area (TPSA) is 99.0 Å². The Hall–Kier alpha value is -1.67. The molecule has 0 saturated carbocycles. The molecule has 0 aliphatic carbocycles. The van der Waals surface area contributed by atoms with Crippen LogP contribution in [0.1, 0.15) is 20.9 Å². The van der Waals surface area contributed by atoms with Crippen molar-refractivity contribution >= 4 is 39.7 Å². The molecule has 108 valence electrons. The minimum absolute atomic E-state index is 0.403. The number of anilines is 2. The molecule has 1 amide bonds. The number of amides is 1. The normalized spacial score (nSPS) is 10.8. The average molecular weight is 311 g/mol. The maximum atomic E-state index is 11.3. The summed E-state index contributed by atoms with van der Waals surface area (Å²) in [7, 11) is 1.89. The first-order valence-corrected chi connectivity index (χ1v) is 7.97. The number of nitrogen functional groups attached to an aromatic ring is 1. The number of thiophene rings is 1. The predicted octanol–water partition coefficient (Wildman–Crippen LogP) is 1.81. The van der Waals surface area contributed by atoms with Crippen molar-refractivity contribution in [2.24, 2.45) is 12.8 Å². The summed E-state index contributed by atoms with van der Waals surface area (Å²) in [5, 5.41) is 8.47. The van der Waals surface area contributed by atoms with E-state index in [1.807, 2.05) is 26.4 Å². The van der Waals surface area contributed by atoms with Crippen LogP contribution in [0.2, 0.25) is 0 Å². The van der Waals surface area contributed by atoms with Crippen LogP contribution in [0.4, 0.5) is 10.7 Å². The first kappa shape index (κ1) is 14.7. The number of primary amides is 1. The maximum Gasteiger partial charge on any atom is 0.261 e. The summed E-state index contributed by atoms with van der Waals surface area (Å²) in [4.78, 5) is 12.6. The van der Waals surface area contributed by atoms with E-state index in [0.29, 0.717) is 17.1 Å². The van der Waals surface area contributed by atoms with E-state index in [2.05, 4.69) is 10.4 Å². The van der Waals surface area contributed by atoms with Gasteiger partial charge in [-0.05, 0) is 13.2 Å². The molecule has 2 aromatic rings. The van der Waals surface area contributed by atoms with Gasteiger partial charge in [-0.15, -0.1) is 23.1 Å². The lowest BCUT2D eigenvalue weighted by atomic mass is 10.2. The van der Waals surface area contributed by atoms with E-state index in [1.165, 1.54) is 23.1 Å². The molecule has 0 aliphatic heterocycles. The number of hydrogen-bond acceptors (Lipinski definition) is 6. The molecule has 20 heavy (non-hydrogen) atoms. The molecule has 0 radical (unpaired) electrons. The molecule has 0 spiro atoms. The Bertz CT molecular complexity index is 647. The molecule has 0 fully saturated rings. The van der Waals surface area contributed by atoms with Crippen molar-refractivity contribution < 1.29 is 4.79 Å². The molecule has 0 saturated heterocycles. The van der Waals surface area contributed by atoms with Gasteiger partial charge in [0.25, 0.3) is 5.91 Å². The van der Waals surface area contributed by atoms with Gasteiger partial charge in [-0.2, -0.15) is 5.10 Å². The third kappa shape index (κ3) is 2.75. The number of carbonyl (C=O) groups excluding carboxylic acids is 1. The minimum Gasteiger partial charge on any atom is -0.396 e. The number of hydrogen-bond donors (Lipinski definition) is 3. The molecule has 0 aliphatic rings. The SMILES string of the molecule is CSc1c(NCc2cn(C)nc2C)sc(C(N)=O)c1N. The van der Waals surface area contributed by atoms with Gasteiger partial charge in [0.05, 0.1) is 16.3 Å². The van der Waals surface area contributed by atoms with Gasteiger partial charge in [-0.3, -0.25) is 9.48 Å². The quantitative estimate of drug-likeness (QED) is 0.731. The number of aryl methyl sites for hydroxylation is 2. The standard InChI is InChI=1S/C12H17N5OS2/c1-6-7(5-17(2)16-6)4-15-12-10(19-3)8(13)9(20-12)11(14)18/h5,15H,4,13H2,1-3H3,(H2,14,18). The Morgan fingerprint density at radius 2 is 2.30 bits per heavy atom. The highest BCUT2D eigenvalue weighted by Gasteiger charge is 2.18. The van der Waals surface area contributed by atoms with Crippen LogP contribution in [0.5, 0.6) is 0 Å². The van der Waals surface area contributed by atoms with Crippen LogP contribution in [0.3, 0.4) is 0 Å². The third-order valence-corrected chi connectivity index (χ3v) is 5.02. The van der Waals surface area contributed by atoms with E-state index in [0.717, 1.165) is 21.2 Å². The second-order valence-corrected chi connectivity index (χ2v) is 6.18. The molecule has 8 heteroatoms. The van der Waals surface area contributed by atoms with E-state index >= 15 is 0 Å². The first-order chi connectivity index (χ1) is 9.43. The summed E-state index contributed by atoms with van der Waals surface area (Å²) in [5.74, 6) is -0.492. The summed E-state index contributed by atoms with van der Waals surface area (Å²) >= 11 is 2.79. The number of nitrogens with two attached hydrogens (primary N) is 2. The smallest absolute Gasteiger partial charge is 0.261 e. The van der Waals surface area contributed by atoms with Crippen molar-refractivity contribution in [2.45, 2.75) is 18.4 Å². The van der Waals surface area contributed by atoms with Gasteiger partial charge in [0, 0.05) is 25.4 Å². The Kier molecular flexibility index (Phi) is 4.24. The third-order valence-electron chi connectivity index (χ3n) is 2.88. The second kappa shape index (κ2) is 5.76. The Balaban J connectivity index is 2.23. The van der Waals surface area contributed by atoms with Crippen LogP contribution < -0.4 is 16.8 Å². The van der Waals surface area contributed by atoms with Crippen molar-refractivity contribution in [1.82, 2.24) is 9.78 Å². The van der Waals surface area contributed by atoms with Gasteiger partial charge < -0.3 is 16.8 Å². The maximum absolute atomic E-state index is 11.3. The van der Waals surface area contributed by atoms with Gasteiger partial charge >= 0.3 is 0 Å². The minimum atomic E-state index is -0.492. The van der Waals surface area contributed by atoms with E-state index in [9.17, 15) is 4.79 Å². The fraction of sp³-hybridized carbons (Fsp3) is 0.333. The molecule has 5 N–H and O–H groups in total. The Morgan fingerprint density at radius 1 is 1.60 bits per heavy atom. The summed E-state index contributed by atoms with van der Waals surface area (Å²) < 4.78 is 1.78. The number of thioether (sulfide) groups is 1. The fourth-order valence-corrected chi connectivity index (χ4v) is 3.81. The molecule has 2 rings (SSSR count). The Labute approximate surface area is 125 Å². The van der Waals surface area contributed by atoms with Crippen LogP contribution in [0.25, 0.3) is 0 Å². The zero-order valence-electron chi connectivity index (χ0n) is 11.6. The Morgan fingerprint density at radius 3 is 2.80 bits per heavy atom. The number of aromatic nitrogens is 2. The second-order valence-electron chi connectivity index (χ2n) is 4.34. The van der Waals surface area contributed by atoms with Crippen molar-refractivity contribution in [3.8, 4) is 0 Å². The number of carbonyl (C=O) groups is 1. The van der Waals surface area contributed by atoms with Gasteiger partial charge in [0.2, 0.25) is 0 Å². The highest BCUT2D eigenvalue weighted by molar-refractivity contribution is 7.99. The average Bonchev–Trinajstić information content (AvgIpc) is 2.86. The van der Waals surface area contributed by atoms with Gasteiger partial charge in [0.15, 0.2) is 0 Å². The van der Waals surface area contributed by atoms with Crippen molar-refractivity contribution in [1.29, 1.82) is 0 Å². The molecule has 0 atom stereocenters. The largest absolute Gasteiger partial charge is 0.396 e. The highest BCUT2D eigenvalue weighted by atomic mass is 32.2. The lowest BCUT2D eigenvalue weighted by Gasteiger charge is -2.05. The lowest BCUT2D eigenvalue weighted by Crippen LogP contribution is -2.10. The first-order valence-electron chi connectivity index (χ1n) is 5.93. The number of nitrogens with one attached hydrogen (secondary N) is 1. The molecule has 0 unspecified atom stereocenters. The van der Waals surface area contributed by atoms with Crippen LogP contribution in [-0.2, 0) is 13.6 Å². The van der Waals surface area contributed by atoms with Crippen LogP contribution >= 0.6 is 23.1 Å². The fourth-order valence-electron chi connectivity index (χ4n) is 1.93. The molecular formula is C12H17N5OS2. The van der Waals surface area contributed by atoms with Gasteiger partial charge in [-0.1, -0.05) is 0 Å². The molecule has 6 nitrogen and oxygen atoms in total. The lowest BCUT2D eigenvalue weighted by molar-refractivity contribution is 0.100. The zero-order valence-corrected chi connectivity index (χ0v) is 13.2. The molecule has 2 heterocycles. The molecule has 2 aromatic heterocycles.